The Bertz CT molecular complexity index is 621. The van der Waals surface area contributed by atoms with Crippen molar-refractivity contribution in [1.29, 1.82) is 0 Å². The summed E-state index contributed by atoms with van der Waals surface area (Å²) in [6.45, 7) is 0. The van der Waals surface area contributed by atoms with Crippen LogP contribution in [0.5, 0.6) is 0 Å². The van der Waals surface area contributed by atoms with Gasteiger partial charge in [-0.15, -0.1) is 11.8 Å². The van der Waals surface area contributed by atoms with Gasteiger partial charge in [0.15, 0.2) is 0 Å². The van der Waals surface area contributed by atoms with Crippen molar-refractivity contribution in [2.75, 3.05) is 7.05 Å². The first-order chi connectivity index (χ1) is 10.2. The number of hydrogen-bond donors (Lipinski definition) is 1. The smallest absolute Gasteiger partial charge is 0.127 e. The van der Waals surface area contributed by atoms with Crippen LogP contribution in [-0.2, 0) is 12.8 Å². The summed E-state index contributed by atoms with van der Waals surface area (Å²) in [5.41, 5.74) is 2.18. The fraction of sp³-hybridized carbons (Fsp3) is 0.294. The highest BCUT2D eigenvalue weighted by Crippen LogP contribution is 2.39. The molecule has 2 atom stereocenters. The summed E-state index contributed by atoms with van der Waals surface area (Å²) < 4.78 is 14.8. The molecule has 2 aromatic rings. The summed E-state index contributed by atoms with van der Waals surface area (Å²) in [5, 5.41) is 3.82. The van der Waals surface area contributed by atoms with Crippen molar-refractivity contribution < 1.29 is 4.39 Å². The molecule has 2 aromatic carbocycles. The van der Waals surface area contributed by atoms with E-state index >= 15 is 0 Å². The maximum Gasteiger partial charge on any atom is 0.127 e. The van der Waals surface area contributed by atoms with E-state index in [0.29, 0.717) is 11.7 Å². The minimum absolute atomic E-state index is 0.134. The lowest BCUT2D eigenvalue weighted by Gasteiger charge is -2.22. The quantitative estimate of drug-likeness (QED) is 0.859. The molecule has 21 heavy (non-hydrogen) atoms. The van der Waals surface area contributed by atoms with Gasteiger partial charge in [0.05, 0.1) is 0 Å². The molecule has 2 unspecified atom stereocenters. The lowest BCUT2D eigenvalue weighted by Crippen LogP contribution is -2.37. The van der Waals surface area contributed by atoms with Gasteiger partial charge in [-0.1, -0.05) is 40.2 Å². The highest BCUT2D eigenvalue weighted by Gasteiger charge is 2.29. The minimum Gasteiger partial charge on any atom is -0.316 e. The van der Waals surface area contributed by atoms with E-state index < -0.39 is 0 Å². The molecule has 0 aromatic heterocycles. The Balaban J connectivity index is 1.75. The zero-order valence-corrected chi connectivity index (χ0v) is 14.2. The van der Waals surface area contributed by atoms with Crippen LogP contribution in [-0.4, -0.2) is 18.3 Å². The molecule has 1 N–H and O–H groups in total. The van der Waals surface area contributed by atoms with Gasteiger partial charge in [0, 0.05) is 20.7 Å². The number of halogens is 2. The Labute approximate surface area is 137 Å². The molecule has 1 aliphatic heterocycles. The summed E-state index contributed by atoms with van der Waals surface area (Å²) in [6.07, 6.45) is 1.76. The molecule has 0 aliphatic carbocycles. The second-order valence-corrected chi connectivity index (χ2v) is 7.50. The van der Waals surface area contributed by atoms with Crippen LogP contribution in [0.25, 0.3) is 0 Å². The Hall–Kier alpha value is -0.840. The van der Waals surface area contributed by atoms with E-state index in [1.807, 2.05) is 30.9 Å². The predicted molar refractivity (Wildman–Crippen MR) is 90.4 cm³/mol. The molecule has 0 saturated heterocycles. The molecule has 0 spiro atoms. The van der Waals surface area contributed by atoms with Gasteiger partial charge in [-0.25, -0.2) is 4.39 Å². The monoisotopic (exact) mass is 365 g/mol. The third kappa shape index (κ3) is 3.33. The van der Waals surface area contributed by atoms with Gasteiger partial charge in [-0.05, 0) is 49.2 Å². The van der Waals surface area contributed by atoms with Crippen LogP contribution in [0.15, 0.2) is 51.8 Å². The molecule has 3 rings (SSSR count). The minimum atomic E-state index is -0.134. The molecular formula is C17H17BrFNS. The molecule has 0 fully saturated rings. The molecule has 1 aliphatic rings. The predicted octanol–water partition coefficient (Wildman–Crippen LogP) is 4.44. The van der Waals surface area contributed by atoms with E-state index in [9.17, 15) is 4.39 Å². The maximum atomic E-state index is 14.0. The molecule has 110 valence electrons. The highest BCUT2D eigenvalue weighted by atomic mass is 79.9. The van der Waals surface area contributed by atoms with Crippen LogP contribution >= 0.6 is 27.7 Å². The Kier molecular flexibility index (Phi) is 4.67. The Morgan fingerprint density at radius 3 is 2.86 bits per heavy atom. The normalized spacial score (nSPS) is 18.5. The van der Waals surface area contributed by atoms with Gasteiger partial charge in [-0.2, -0.15) is 0 Å². The number of nitrogens with one attached hydrogen (secondary N) is 1. The van der Waals surface area contributed by atoms with Gasteiger partial charge < -0.3 is 5.32 Å². The highest BCUT2D eigenvalue weighted by molar-refractivity contribution is 9.10. The molecule has 0 bridgehead atoms. The van der Waals surface area contributed by atoms with Crippen LogP contribution < -0.4 is 5.32 Å². The van der Waals surface area contributed by atoms with E-state index in [-0.39, 0.29) is 11.9 Å². The average molecular weight is 366 g/mol. The molecular weight excluding hydrogens is 349 g/mol. The summed E-state index contributed by atoms with van der Waals surface area (Å²) in [7, 11) is 1.96. The Morgan fingerprint density at radius 2 is 2.14 bits per heavy atom. The molecule has 4 heteroatoms. The largest absolute Gasteiger partial charge is 0.316 e. The van der Waals surface area contributed by atoms with Crippen molar-refractivity contribution in [3.05, 3.63) is 63.9 Å². The van der Waals surface area contributed by atoms with E-state index in [2.05, 4.69) is 45.5 Å². The summed E-state index contributed by atoms with van der Waals surface area (Å²) in [4.78, 5) is 1.36. The van der Waals surface area contributed by atoms with Crippen molar-refractivity contribution in [2.45, 2.75) is 29.0 Å². The van der Waals surface area contributed by atoms with Crippen LogP contribution in [0, 0.1) is 5.82 Å². The fourth-order valence-corrected chi connectivity index (χ4v) is 4.56. The zero-order valence-electron chi connectivity index (χ0n) is 11.8. The SMILES string of the molecule is CNC(Cc1ccc(Br)cc1F)C1Cc2ccccc2S1. The zero-order chi connectivity index (χ0) is 14.8. The number of rotatable bonds is 4. The van der Waals surface area contributed by atoms with Crippen molar-refractivity contribution >= 4 is 27.7 Å². The first-order valence-electron chi connectivity index (χ1n) is 7.03. The van der Waals surface area contributed by atoms with E-state index in [4.69, 9.17) is 0 Å². The van der Waals surface area contributed by atoms with Gasteiger partial charge in [0.1, 0.15) is 5.82 Å². The lowest BCUT2D eigenvalue weighted by molar-refractivity contribution is 0.518. The molecule has 1 nitrogen and oxygen atoms in total. The van der Waals surface area contributed by atoms with Gasteiger partial charge in [0.25, 0.3) is 0 Å². The van der Waals surface area contributed by atoms with Crippen molar-refractivity contribution in [3.63, 3.8) is 0 Å². The summed E-state index contributed by atoms with van der Waals surface area (Å²) >= 11 is 5.21. The number of thioether (sulfide) groups is 1. The van der Waals surface area contributed by atoms with E-state index in [0.717, 1.165) is 16.5 Å². The van der Waals surface area contributed by atoms with Crippen LogP contribution in [0.3, 0.4) is 0 Å². The molecule has 0 amide bonds. The van der Waals surface area contributed by atoms with Crippen molar-refractivity contribution in [1.82, 2.24) is 5.32 Å². The summed E-state index contributed by atoms with van der Waals surface area (Å²) in [6, 6.07) is 14.1. The first-order valence-corrected chi connectivity index (χ1v) is 8.70. The molecule has 1 heterocycles. The van der Waals surface area contributed by atoms with E-state index in [1.54, 1.807) is 6.07 Å². The summed E-state index contributed by atoms with van der Waals surface area (Å²) in [5.74, 6) is -0.134. The number of likely N-dealkylation sites (N-methyl/N-ethyl adjacent to an activating group) is 1. The second kappa shape index (κ2) is 6.51. The topological polar surface area (TPSA) is 12.0 Å². The van der Waals surface area contributed by atoms with Crippen LogP contribution in [0.2, 0.25) is 0 Å². The third-order valence-electron chi connectivity index (χ3n) is 3.95. The molecule has 0 radical (unpaired) electrons. The lowest BCUT2D eigenvalue weighted by atomic mass is 9.98. The van der Waals surface area contributed by atoms with Gasteiger partial charge >= 0.3 is 0 Å². The average Bonchev–Trinajstić information content (AvgIpc) is 2.90. The van der Waals surface area contributed by atoms with Gasteiger partial charge in [0.2, 0.25) is 0 Å². The van der Waals surface area contributed by atoms with Crippen LogP contribution in [0.4, 0.5) is 4.39 Å². The fourth-order valence-electron chi connectivity index (χ4n) is 2.78. The second-order valence-electron chi connectivity index (χ2n) is 5.30. The van der Waals surface area contributed by atoms with Crippen molar-refractivity contribution in [2.24, 2.45) is 0 Å². The van der Waals surface area contributed by atoms with Crippen molar-refractivity contribution in [3.8, 4) is 0 Å². The standard InChI is InChI=1S/C17H17BrFNS/c1-20-15(8-11-6-7-13(18)10-14(11)19)17-9-12-4-2-3-5-16(12)21-17/h2-7,10,15,17,20H,8-9H2,1H3. The maximum absolute atomic E-state index is 14.0. The van der Waals surface area contributed by atoms with Gasteiger partial charge in [-0.3, -0.25) is 0 Å². The first kappa shape index (κ1) is 15.1. The Morgan fingerprint density at radius 1 is 1.33 bits per heavy atom. The number of fused-ring (bicyclic) bond motifs is 1. The van der Waals surface area contributed by atoms with Crippen LogP contribution in [0.1, 0.15) is 11.1 Å². The number of benzene rings is 2. The molecule has 0 saturated carbocycles. The number of hydrogen-bond acceptors (Lipinski definition) is 2. The third-order valence-corrected chi connectivity index (χ3v) is 5.89. The van der Waals surface area contributed by atoms with E-state index in [1.165, 1.54) is 10.5 Å².